The molecule has 0 saturated heterocycles. The highest BCUT2D eigenvalue weighted by Crippen LogP contribution is 2.26. The molecule has 0 atom stereocenters. The fourth-order valence-electron chi connectivity index (χ4n) is 2.20. The molecule has 0 unspecified atom stereocenters. The zero-order valence-corrected chi connectivity index (χ0v) is 17.1. The van der Waals surface area contributed by atoms with Gasteiger partial charge in [0.2, 0.25) is 0 Å². The summed E-state index contributed by atoms with van der Waals surface area (Å²) in [5.74, 6) is 0.322. The number of anilines is 1. The molecule has 3 aromatic rings. The quantitative estimate of drug-likeness (QED) is 0.545. The molecule has 3 rings (SSSR count). The maximum atomic E-state index is 12.3. The Bertz CT molecular complexity index is 991. The van der Waals surface area contributed by atoms with Gasteiger partial charge in [0.15, 0.2) is 10.2 Å². The van der Waals surface area contributed by atoms with Gasteiger partial charge in [0.25, 0.3) is 5.91 Å². The van der Waals surface area contributed by atoms with Crippen LogP contribution in [0.25, 0.3) is 11.3 Å². The van der Waals surface area contributed by atoms with E-state index in [0.717, 1.165) is 17.0 Å². The molecule has 1 amide bonds. The number of nitrogens with zero attached hydrogens (tertiary/aromatic N) is 1. The lowest BCUT2D eigenvalue weighted by atomic mass is 10.2. The Hall–Kier alpha value is -2.19. The van der Waals surface area contributed by atoms with Crippen molar-refractivity contribution >= 4 is 62.9 Å². The number of hydrogen-bond acceptors (Lipinski definition) is 5. The number of amides is 1. The van der Waals surface area contributed by atoms with Crippen LogP contribution < -0.4 is 15.4 Å². The highest BCUT2D eigenvalue weighted by molar-refractivity contribution is 7.80. The van der Waals surface area contributed by atoms with E-state index in [1.807, 2.05) is 29.6 Å². The van der Waals surface area contributed by atoms with Gasteiger partial charge >= 0.3 is 0 Å². The molecular formula is C18H13Cl2N3O2S2. The first-order chi connectivity index (χ1) is 13.0. The second-order valence-electron chi connectivity index (χ2n) is 5.30. The van der Waals surface area contributed by atoms with Crippen LogP contribution in [-0.2, 0) is 0 Å². The lowest BCUT2D eigenvalue weighted by molar-refractivity contribution is 0.0978. The van der Waals surface area contributed by atoms with Crippen molar-refractivity contribution in [2.75, 3.05) is 12.4 Å². The molecule has 0 aliphatic carbocycles. The lowest BCUT2D eigenvalue weighted by Crippen LogP contribution is -2.34. The first-order valence-electron chi connectivity index (χ1n) is 7.63. The molecule has 0 bridgehead atoms. The minimum absolute atomic E-state index is 0.117. The molecule has 0 radical (unpaired) electrons. The maximum absolute atomic E-state index is 12.3. The van der Waals surface area contributed by atoms with E-state index in [2.05, 4.69) is 15.6 Å². The molecule has 27 heavy (non-hydrogen) atoms. The van der Waals surface area contributed by atoms with Crippen LogP contribution in [0, 0.1) is 0 Å². The first-order valence-corrected chi connectivity index (χ1v) is 9.68. The number of thiazole rings is 1. The van der Waals surface area contributed by atoms with Gasteiger partial charge in [-0.3, -0.25) is 10.1 Å². The first kappa shape index (κ1) is 19.6. The van der Waals surface area contributed by atoms with Crippen LogP contribution >= 0.6 is 46.8 Å². The summed E-state index contributed by atoms with van der Waals surface area (Å²) in [5, 5.41) is 8.73. The second kappa shape index (κ2) is 8.67. The fourth-order valence-corrected chi connectivity index (χ4v) is 3.55. The van der Waals surface area contributed by atoms with E-state index in [1.54, 1.807) is 19.2 Å². The Kier molecular flexibility index (Phi) is 6.28. The van der Waals surface area contributed by atoms with Crippen molar-refractivity contribution in [3.63, 3.8) is 0 Å². The fraction of sp³-hybridized carbons (Fsp3) is 0.0556. The number of halogens is 2. The normalized spacial score (nSPS) is 10.3. The van der Waals surface area contributed by atoms with Gasteiger partial charge in [-0.15, -0.1) is 11.3 Å². The van der Waals surface area contributed by atoms with Gasteiger partial charge in [-0.25, -0.2) is 4.98 Å². The number of carbonyl (C=O) groups excluding carboxylic acids is 1. The van der Waals surface area contributed by atoms with E-state index in [0.29, 0.717) is 10.2 Å². The molecule has 0 spiro atoms. The monoisotopic (exact) mass is 437 g/mol. The van der Waals surface area contributed by atoms with Gasteiger partial charge in [-0.1, -0.05) is 23.2 Å². The molecule has 9 heteroatoms. The smallest absolute Gasteiger partial charge is 0.258 e. The summed E-state index contributed by atoms with van der Waals surface area (Å²) in [6.45, 7) is 0. The number of rotatable bonds is 4. The zero-order valence-electron chi connectivity index (χ0n) is 14.0. The SMILES string of the molecule is COc1ccc(-c2csc(NC(=S)NC(=O)c3cc(Cl)ccc3Cl)n2)cc1. The molecule has 1 heterocycles. The number of benzene rings is 2. The predicted octanol–water partition coefficient (Wildman–Crippen LogP) is 5.25. The van der Waals surface area contributed by atoms with Gasteiger partial charge in [0.1, 0.15) is 5.75 Å². The Morgan fingerprint density at radius 2 is 1.93 bits per heavy atom. The highest BCUT2D eigenvalue weighted by Gasteiger charge is 2.13. The van der Waals surface area contributed by atoms with Crippen LogP contribution in [0.4, 0.5) is 5.13 Å². The minimum Gasteiger partial charge on any atom is -0.497 e. The molecule has 5 nitrogen and oxygen atoms in total. The lowest BCUT2D eigenvalue weighted by Gasteiger charge is -2.08. The Morgan fingerprint density at radius 1 is 1.19 bits per heavy atom. The van der Waals surface area contributed by atoms with E-state index >= 15 is 0 Å². The number of hydrogen-bond donors (Lipinski definition) is 2. The Labute approximate surface area is 175 Å². The number of nitrogens with one attached hydrogen (secondary N) is 2. The Balaban J connectivity index is 1.65. The number of methoxy groups -OCH3 is 1. The summed E-state index contributed by atoms with van der Waals surface area (Å²) in [7, 11) is 1.62. The van der Waals surface area contributed by atoms with E-state index in [9.17, 15) is 4.79 Å². The molecule has 2 N–H and O–H groups in total. The van der Waals surface area contributed by atoms with Gasteiger partial charge in [-0.05, 0) is 54.7 Å². The molecule has 138 valence electrons. The highest BCUT2D eigenvalue weighted by atomic mass is 35.5. The number of aromatic nitrogens is 1. The number of carbonyl (C=O) groups is 1. The maximum Gasteiger partial charge on any atom is 0.258 e. The summed E-state index contributed by atoms with van der Waals surface area (Å²) in [5.41, 5.74) is 1.98. The Morgan fingerprint density at radius 3 is 2.63 bits per heavy atom. The van der Waals surface area contributed by atoms with Gasteiger partial charge in [0.05, 0.1) is 23.4 Å². The van der Waals surface area contributed by atoms with E-state index < -0.39 is 5.91 Å². The number of ether oxygens (including phenoxy) is 1. The molecule has 1 aromatic heterocycles. The van der Waals surface area contributed by atoms with Crippen LogP contribution in [0.2, 0.25) is 10.0 Å². The largest absolute Gasteiger partial charge is 0.497 e. The summed E-state index contributed by atoms with van der Waals surface area (Å²) >= 11 is 18.5. The van der Waals surface area contributed by atoms with Crippen LogP contribution in [0.1, 0.15) is 10.4 Å². The second-order valence-corrected chi connectivity index (χ2v) is 7.41. The third-order valence-corrected chi connectivity index (χ3v) is 5.04. The molecule has 0 aliphatic rings. The molecule has 0 fully saturated rings. The van der Waals surface area contributed by atoms with Crippen molar-refractivity contribution in [2.45, 2.75) is 0 Å². The minimum atomic E-state index is -0.452. The van der Waals surface area contributed by atoms with Gasteiger partial charge < -0.3 is 10.1 Å². The average Bonchev–Trinajstić information content (AvgIpc) is 3.12. The predicted molar refractivity (Wildman–Crippen MR) is 114 cm³/mol. The summed E-state index contributed by atoms with van der Waals surface area (Å²) in [4.78, 5) is 16.8. The van der Waals surface area contributed by atoms with E-state index in [1.165, 1.54) is 17.4 Å². The summed E-state index contributed by atoms with van der Waals surface area (Å²) in [6, 6.07) is 12.2. The van der Waals surface area contributed by atoms with Crippen molar-refractivity contribution in [1.29, 1.82) is 0 Å². The van der Waals surface area contributed by atoms with Crippen molar-refractivity contribution in [2.24, 2.45) is 0 Å². The third kappa shape index (κ3) is 4.95. The van der Waals surface area contributed by atoms with Crippen LogP contribution in [0.15, 0.2) is 47.8 Å². The van der Waals surface area contributed by atoms with Crippen molar-refractivity contribution < 1.29 is 9.53 Å². The average molecular weight is 438 g/mol. The summed E-state index contributed by atoms with van der Waals surface area (Å²) in [6.07, 6.45) is 0. The number of thiocarbonyl (C=S) groups is 1. The van der Waals surface area contributed by atoms with Gasteiger partial charge in [0, 0.05) is 16.0 Å². The summed E-state index contributed by atoms with van der Waals surface area (Å²) < 4.78 is 5.15. The van der Waals surface area contributed by atoms with Crippen LogP contribution in [0.3, 0.4) is 0 Å². The van der Waals surface area contributed by atoms with Crippen molar-refractivity contribution in [1.82, 2.24) is 10.3 Å². The van der Waals surface area contributed by atoms with Crippen LogP contribution in [-0.4, -0.2) is 23.1 Å². The van der Waals surface area contributed by atoms with E-state index in [-0.39, 0.29) is 15.7 Å². The molecular weight excluding hydrogens is 425 g/mol. The third-order valence-electron chi connectivity index (χ3n) is 3.51. The standard InChI is InChI=1S/C18H13Cl2N3O2S2/c1-25-12-5-2-10(3-6-12)15-9-27-18(21-15)23-17(26)22-16(24)13-8-11(19)4-7-14(13)20/h2-9H,1H3,(H2,21,22,23,24,26). The molecule has 0 saturated carbocycles. The molecule has 2 aromatic carbocycles. The van der Waals surface area contributed by atoms with Crippen molar-refractivity contribution in [3.8, 4) is 17.0 Å². The van der Waals surface area contributed by atoms with Gasteiger partial charge in [-0.2, -0.15) is 0 Å². The van der Waals surface area contributed by atoms with Crippen molar-refractivity contribution in [3.05, 3.63) is 63.5 Å². The zero-order chi connectivity index (χ0) is 19.4. The van der Waals surface area contributed by atoms with E-state index in [4.69, 9.17) is 40.2 Å². The molecule has 0 aliphatic heterocycles. The topological polar surface area (TPSA) is 63.2 Å². The van der Waals surface area contributed by atoms with Crippen LogP contribution in [0.5, 0.6) is 5.75 Å².